The van der Waals surface area contributed by atoms with E-state index in [4.69, 9.17) is 4.74 Å². The average Bonchev–Trinajstić information content (AvgIpc) is 2.86. The standard InChI is InChI=1S/C16H16N4O3/c1-9(2)23-13-8-7-12(19-20-13)10-3-5-11(6-4-10)14-15(21)18-16(22)17-14/h3-9,14H,1-2H3,(H2,17,18,21,22)/t14-/m0/s1. The number of carbonyl (C=O) groups excluding carboxylic acids is 2. The number of hydrogen-bond donors (Lipinski definition) is 2. The molecule has 118 valence electrons. The second-order valence-electron chi connectivity index (χ2n) is 5.44. The molecule has 0 aliphatic carbocycles. The molecule has 3 amide bonds. The molecule has 7 nitrogen and oxygen atoms in total. The molecule has 2 heterocycles. The third kappa shape index (κ3) is 3.28. The van der Waals surface area contributed by atoms with Crippen molar-refractivity contribution in [3.63, 3.8) is 0 Å². The molecule has 0 unspecified atom stereocenters. The number of hydrogen-bond acceptors (Lipinski definition) is 5. The second kappa shape index (κ2) is 6.04. The van der Waals surface area contributed by atoms with Gasteiger partial charge in [-0.05, 0) is 25.5 Å². The van der Waals surface area contributed by atoms with Gasteiger partial charge in [0.05, 0.1) is 11.8 Å². The van der Waals surface area contributed by atoms with Crippen LogP contribution < -0.4 is 15.4 Å². The van der Waals surface area contributed by atoms with Gasteiger partial charge in [-0.3, -0.25) is 10.1 Å². The molecule has 0 bridgehead atoms. The summed E-state index contributed by atoms with van der Waals surface area (Å²) in [7, 11) is 0. The number of urea groups is 1. The van der Waals surface area contributed by atoms with E-state index < -0.39 is 12.1 Å². The van der Waals surface area contributed by atoms with E-state index in [1.54, 1.807) is 18.2 Å². The summed E-state index contributed by atoms with van der Waals surface area (Å²) < 4.78 is 5.46. The van der Waals surface area contributed by atoms with Gasteiger partial charge in [0.25, 0.3) is 5.91 Å². The van der Waals surface area contributed by atoms with Crippen molar-refractivity contribution in [1.29, 1.82) is 0 Å². The lowest BCUT2D eigenvalue weighted by Crippen LogP contribution is -2.22. The number of nitrogens with zero attached hydrogens (tertiary/aromatic N) is 2. The smallest absolute Gasteiger partial charge is 0.322 e. The van der Waals surface area contributed by atoms with Gasteiger partial charge >= 0.3 is 6.03 Å². The van der Waals surface area contributed by atoms with Gasteiger partial charge < -0.3 is 10.1 Å². The zero-order valence-corrected chi connectivity index (χ0v) is 12.7. The Morgan fingerprint density at radius 2 is 1.78 bits per heavy atom. The van der Waals surface area contributed by atoms with Crippen LogP contribution in [0.2, 0.25) is 0 Å². The molecule has 23 heavy (non-hydrogen) atoms. The fourth-order valence-electron chi connectivity index (χ4n) is 2.28. The number of amides is 3. The van der Waals surface area contributed by atoms with Gasteiger partial charge in [-0.25, -0.2) is 4.79 Å². The Balaban J connectivity index is 1.77. The number of nitrogens with one attached hydrogen (secondary N) is 2. The molecule has 1 saturated heterocycles. The molecule has 7 heteroatoms. The van der Waals surface area contributed by atoms with Gasteiger partial charge in [-0.1, -0.05) is 24.3 Å². The van der Waals surface area contributed by atoms with Crippen LogP contribution in [0.4, 0.5) is 4.79 Å². The first-order chi connectivity index (χ1) is 11.0. The molecule has 1 atom stereocenters. The van der Waals surface area contributed by atoms with Crippen molar-refractivity contribution < 1.29 is 14.3 Å². The highest BCUT2D eigenvalue weighted by atomic mass is 16.5. The minimum atomic E-state index is -0.649. The molecule has 1 aliphatic heterocycles. The van der Waals surface area contributed by atoms with Crippen molar-refractivity contribution in [2.45, 2.75) is 26.0 Å². The molecule has 0 spiro atoms. The fraction of sp³-hybridized carbons (Fsp3) is 0.250. The van der Waals surface area contributed by atoms with Gasteiger partial charge in [0.15, 0.2) is 0 Å². The summed E-state index contributed by atoms with van der Waals surface area (Å²) >= 11 is 0. The van der Waals surface area contributed by atoms with Crippen LogP contribution in [0, 0.1) is 0 Å². The van der Waals surface area contributed by atoms with E-state index in [0.29, 0.717) is 17.1 Å². The number of carbonyl (C=O) groups is 2. The molecule has 0 radical (unpaired) electrons. The van der Waals surface area contributed by atoms with E-state index in [0.717, 1.165) is 5.56 Å². The quantitative estimate of drug-likeness (QED) is 0.840. The zero-order valence-electron chi connectivity index (χ0n) is 12.7. The van der Waals surface area contributed by atoms with E-state index in [2.05, 4.69) is 20.8 Å². The Kier molecular flexibility index (Phi) is 3.92. The van der Waals surface area contributed by atoms with Crippen LogP contribution in [0.25, 0.3) is 11.3 Å². The Morgan fingerprint density at radius 3 is 2.30 bits per heavy atom. The summed E-state index contributed by atoms with van der Waals surface area (Å²) in [5.74, 6) is 0.128. The first-order valence-corrected chi connectivity index (χ1v) is 7.25. The number of rotatable bonds is 4. The lowest BCUT2D eigenvalue weighted by atomic mass is 10.0. The van der Waals surface area contributed by atoms with Crippen LogP contribution in [0.5, 0.6) is 5.88 Å². The van der Waals surface area contributed by atoms with Crippen LogP contribution in [0.3, 0.4) is 0 Å². The zero-order chi connectivity index (χ0) is 16.4. The van der Waals surface area contributed by atoms with Crippen LogP contribution in [-0.4, -0.2) is 28.2 Å². The minimum Gasteiger partial charge on any atom is -0.474 e. The number of aromatic nitrogens is 2. The minimum absolute atomic E-state index is 0.0437. The van der Waals surface area contributed by atoms with Crippen molar-refractivity contribution in [2.75, 3.05) is 0 Å². The fourth-order valence-corrected chi connectivity index (χ4v) is 2.28. The van der Waals surface area contributed by atoms with Gasteiger partial charge in [-0.2, -0.15) is 0 Å². The summed E-state index contributed by atoms with van der Waals surface area (Å²) in [4.78, 5) is 22.8. The molecule has 1 fully saturated rings. The SMILES string of the molecule is CC(C)Oc1ccc(-c2ccc([C@@H]3NC(=O)NC3=O)cc2)nn1. The maximum atomic E-state index is 11.6. The summed E-state index contributed by atoms with van der Waals surface area (Å²) in [5, 5.41) is 12.9. The molecule has 2 aromatic rings. The summed E-state index contributed by atoms with van der Waals surface area (Å²) in [6.07, 6.45) is 0.0437. The maximum absolute atomic E-state index is 11.6. The second-order valence-corrected chi connectivity index (χ2v) is 5.44. The maximum Gasteiger partial charge on any atom is 0.322 e. The first kappa shape index (κ1) is 15.0. The normalized spacial score (nSPS) is 17.1. The predicted molar refractivity (Wildman–Crippen MR) is 82.6 cm³/mol. The van der Waals surface area contributed by atoms with E-state index in [1.165, 1.54) is 0 Å². The average molecular weight is 312 g/mol. The Bertz CT molecular complexity index is 726. The third-order valence-electron chi connectivity index (χ3n) is 3.31. The van der Waals surface area contributed by atoms with E-state index in [-0.39, 0.29) is 12.0 Å². The molecule has 0 saturated carbocycles. The van der Waals surface area contributed by atoms with Crippen molar-refractivity contribution in [3.05, 3.63) is 42.0 Å². The molecule has 3 rings (SSSR count). The molecule has 1 aliphatic rings. The van der Waals surface area contributed by atoms with E-state index in [9.17, 15) is 9.59 Å². The van der Waals surface area contributed by atoms with Crippen LogP contribution in [0.15, 0.2) is 36.4 Å². The summed E-state index contributed by atoms with van der Waals surface area (Å²) in [6, 6.07) is 9.70. The van der Waals surface area contributed by atoms with Gasteiger partial charge in [0.2, 0.25) is 5.88 Å². The van der Waals surface area contributed by atoms with Gasteiger partial charge in [0.1, 0.15) is 6.04 Å². The molecular weight excluding hydrogens is 296 g/mol. The van der Waals surface area contributed by atoms with Crippen molar-refractivity contribution in [3.8, 4) is 17.1 Å². The first-order valence-electron chi connectivity index (χ1n) is 7.25. The van der Waals surface area contributed by atoms with Gasteiger partial charge in [-0.15, -0.1) is 10.2 Å². The summed E-state index contributed by atoms with van der Waals surface area (Å²) in [6.45, 7) is 3.85. The molecule has 1 aromatic heterocycles. The van der Waals surface area contributed by atoms with Crippen LogP contribution >= 0.6 is 0 Å². The van der Waals surface area contributed by atoms with Crippen LogP contribution in [0.1, 0.15) is 25.5 Å². The van der Waals surface area contributed by atoms with Crippen molar-refractivity contribution >= 4 is 11.9 Å². The summed E-state index contributed by atoms with van der Waals surface area (Å²) in [5.41, 5.74) is 2.28. The van der Waals surface area contributed by atoms with E-state index >= 15 is 0 Å². The Labute approximate surface area is 133 Å². The highest BCUT2D eigenvalue weighted by Gasteiger charge is 2.30. The van der Waals surface area contributed by atoms with E-state index in [1.807, 2.05) is 32.0 Å². The number of imide groups is 1. The lowest BCUT2D eigenvalue weighted by molar-refractivity contribution is -0.120. The highest BCUT2D eigenvalue weighted by molar-refractivity contribution is 6.04. The molecular formula is C16H16N4O3. The number of ether oxygens (including phenoxy) is 1. The largest absolute Gasteiger partial charge is 0.474 e. The number of benzene rings is 1. The predicted octanol–water partition coefficient (Wildman–Crippen LogP) is 1.81. The molecule has 2 N–H and O–H groups in total. The van der Waals surface area contributed by atoms with Gasteiger partial charge in [0, 0.05) is 11.6 Å². The monoisotopic (exact) mass is 312 g/mol. The topological polar surface area (TPSA) is 93.2 Å². The van der Waals surface area contributed by atoms with Crippen molar-refractivity contribution in [1.82, 2.24) is 20.8 Å². The van der Waals surface area contributed by atoms with Crippen LogP contribution in [-0.2, 0) is 4.79 Å². The Morgan fingerprint density at radius 1 is 1.04 bits per heavy atom. The van der Waals surface area contributed by atoms with Crippen molar-refractivity contribution in [2.24, 2.45) is 0 Å². The third-order valence-corrected chi connectivity index (χ3v) is 3.31. The lowest BCUT2D eigenvalue weighted by Gasteiger charge is -2.09. The Hall–Kier alpha value is -2.96. The molecule has 1 aromatic carbocycles. The highest BCUT2D eigenvalue weighted by Crippen LogP contribution is 2.22.